The van der Waals surface area contributed by atoms with E-state index in [0.29, 0.717) is 89.3 Å². The van der Waals surface area contributed by atoms with E-state index in [1.54, 1.807) is 67.7 Å². The molecule has 19 heteroatoms. The number of hydrogen-bond donors (Lipinski definition) is 1. The van der Waals surface area contributed by atoms with Crippen LogP contribution in [0.1, 0.15) is 211 Å². The monoisotopic (exact) mass is 1700 g/mol. The standard InChI is InChI=1S/C28H31FN2O.C27H28F2N2O.C26H25F3N2O.C26H29N3O/c1-5-28(16-17-28)31(4)26-14-12-24(18-25(26)29)22-8-10-23(11-9-22)27(32)15-13-21-7-6-19(2)30-20(21)3;1-4-27(15-16-27)31(3)24-12-9-22(17-23(24)28)20-5-7-21(8-6-20)25(32)13-10-19-11-14-26(29)30-18(19)2;1-3-26(14-15-26)31(2)22-11-8-20(16-21(22)27)17-4-6-18(7-5-17)23(32)12-9-19-10-13-24(28)30-25(19)29;1-3-26(16-17-26)29(2)23-13-10-20(11-14-23)19-6-8-21(9-7-19)24(30)15-12-22-5-4-18-28-25(22)27/h6-12,14,18H,5,13,15-17H2,1-4H3;5-9,11-12,14,17H,4,10,13,15-16H2,1-3H3;4-8,10-11,13,16H,3,9,12,14-15H2,1-2H3;4-11,13-14,18H,3,12,15-17H2,1-2H3,(H2,27,28). The molecule has 4 fully saturated rings. The zero-order chi connectivity index (χ0) is 89.8. The molecular weight excluding hydrogens is 1590 g/mol. The Morgan fingerprint density at radius 3 is 0.944 bits per heavy atom. The van der Waals surface area contributed by atoms with Gasteiger partial charge in [0.2, 0.25) is 17.8 Å². The molecule has 0 atom stereocenters. The van der Waals surface area contributed by atoms with Crippen LogP contribution in [0.25, 0.3) is 44.5 Å². The number of pyridine rings is 4. The van der Waals surface area contributed by atoms with Crippen LogP contribution in [0, 0.1) is 56.1 Å². The molecule has 4 saturated carbocycles. The maximum absolute atomic E-state index is 14.9. The van der Waals surface area contributed by atoms with E-state index in [4.69, 9.17) is 5.73 Å². The van der Waals surface area contributed by atoms with Crippen molar-refractivity contribution in [2.24, 2.45) is 0 Å². The minimum absolute atomic E-state index is 0.0118. The van der Waals surface area contributed by atoms with Gasteiger partial charge in [-0.15, -0.1) is 0 Å². The number of nitrogen functional groups attached to an aromatic ring is 1. The first-order valence-electron chi connectivity index (χ1n) is 44.0. The minimum Gasteiger partial charge on any atom is -0.383 e. The molecule has 4 heterocycles. The number of carbonyl (C=O) groups excluding carboxylic acids is 4. The van der Waals surface area contributed by atoms with Crippen molar-refractivity contribution in [1.82, 2.24) is 19.9 Å². The third-order valence-electron chi connectivity index (χ3n) is 26.9. The molecule has 4 aromatic heterocycles. The third kappa shape index (κ3) is 21.7. The first-order valence-corrected chi connectivity index (χ1v) is 44.0. The van der Waals surface area contributed by atoms with E-state index >= 15 is 0 Å². The van der Waals surface area contributed by atoms with E-state index in [2.05, 4.69) is 99.7 Å². The number of aromatic nitrogens is 4. The van der Waals surface area contributed by atoms with Gasteiger partial charge in [0.05, 0.1) is 17.1 Å². The quantitative estimate of drug-likeness (QED) is 0.0241. The molecule has 0 amide bonds. The molecule has 0 aliphatic heterocycles. The van der Waals surface area contributed by atoms with Crippen molar-refractivity contribution >= 4 is 51.7 Å². The highest BCUT2D eigenvalue weighted by Crippen LogP contribution is 2.50. The van der Waals surface area contributed by atoms with Crippen molar-refractivity contribution in [3.05, 3.63) is 328 Å². The van der Waals surface area contributed by atoms with Crippen molar-refractivity contribution in [1.29, 1.82) is 0 Å². The average Bonchev–Trinajstić information content (AvgIpc) is 1.64. The number of rotatable bonds is 32. The number of ketones is 4. The van der Waals surface area contributed by atoms with Crippen LogP contribution in [0.3, 0.4) is 0 Å². The van der Waals surface area contributed by atoms with E-state index in [1.807, 2.05) is 155 Å². The predicted molar refractivity (Wildman–Crippen MR) is 496 cm³/mol. The van der Waals surface area contributed by atoms with Crippen LogP contribution in [0.4, 0.5) is 54.9 Å². The Morgan fingerprint density at radius 1 is 0.333 bits per heavy atom. The molecule has 0 saturated heterocycles. The Balaban J connectivity index is 0.000000144. The highest BCUT2D eigenvalue weighted by molar-refractivity contribution is 5.99. The highest BCUT2D eigenvalue weighted by Gasteiger charge is 2.48. The third-order valence-corrected chi connectivity index (χ3v) is 26.9. The van der Waals surface area contributed by atoms with Crippen molar-refractivity contribution in [2.75, 3.05) is 53.5 Å². The molecule has 2 N–H and O–H groups in total. The van der Waals surface area contributed by atoms with Gasteiger partial charge in [0.25, 0.3) is 0 Å². The Kier molecular flexibility index (Phi) is 28.9. The summed E-state index contributed by atoms with van der Waals surface area (Å²) in [6.45, 7) is 14.4. The first kappa shape index (κ1) is 91.3. The lowest BCUT2D eigenvalue weighted by molar-refractivity contribution is 0.0974. The molecule has 16 rings (SSSR count). The zero-order valence-electron chi connectivity index (χ0n) is 74.1. The molecule has 8 aromatic carbocycles. The number of hydrogen-bond acceptors (Lipinski definition) is 13. The first-order chi connectivity index (χ1) is 60.5. The van der Waals surface area contributed by atoms with Crippen LogP contribution in [-0.4, -0.2) is 93.4 Å². The summed E-state index contributed by atoms with van der Waals surface area (Å²) in [6.07, 6.45) is 18.3. The number of aryl methyl sites for hydroxylation is 7. The maximum atomic E-state index is 14.9. The van der Waals surface area contributed by atoms with Crippen molar-refractivity contribution in [3.8, 4) is 44.5 Å². The summed E-state index contributed by atoms with van der Waals surface area (Å²) in [5, 5.41) is 0. The molecular formula is C107H113F6N9O4. The highest BCUT2D eigenvalue weighted by atomic mass is 19.2. The van der Waals surface area contributed by atoms with Gasteiger partial charge in [-0.05, 0) is 264 Å². The van der Waals surface area contributed by atoms with Crippen molar-refractivity contribution in [2.45, 2.75) is 199 Å². The Labute approximate surface area is 737 Å². The van der Waals surface area contributed by atoms with Gasteiger partial charge in [0.15, 0.2) is 23.1 Å². The SMILES string of the molecule is CCC1(N(C)c2ccc(-c3ccc(C(=O)CCc4ccc(C)nc4C)cc3)cc2F)CC1.CCC1(N(C)c2ccc(-c3ccc(C(=O)CCc4ccc(F)nc4C)cc3)cc2F)CC1.CCC1(N(C)c2ccc(-c3ccc(C(=O)CCc4ccc(F)nc4F)cc3)cc2F)CC1.CCC1(N(C)c2ccc(-c3ccc(C(=O)CCc4cccnc4N)cc3)cc2)CC1. The Hall–Kier alpha value is -12.4. The Morgan fingerprint density at radius 2 is 0.627 bits per heavy atom. The summed E-state index contributed by atoms with van der Waals surface area (Å²) >= 11 is 0. The van der Waals surface area contributed by atoms with Crippen molar-refractivity contribution < 1.29 is 45.5 Å². The van der Waals surface area contributed by atoms with E-state index < -0.39 is 17.8 Å². The summed E-state index contributed by atoms with van der Waals surface area (Å²) in [7, 11) is 8.11. The van der Waals surface area contributed by atoms with Gasteiger partial charge in [-0.1, -0.05) is 173 Å². The van der Waals surface area contributed by atoms with Gasteiger partial charge in [-0.3, -0.25) is 24.2 Å². The van der Waals surface area contributed by atoms with Crippen LogP contribution in [0.15, 0.2) is 231 Å². The topological polar surface area (TPSA) is 159 Å². The second-order valence-electron chi connectivity index (χ2n) is 34.3. The van der Waals surface area contributed by atoms with Crippen LogP contribution in [0.5, 0.6) is 0 Å². The van der Waals surface area contributed by atoms with Crippen molar-refractivity contribution in [3.63, 3.8) is 0 Å². The molecule has 0 unspecified atom stereocenters. The number of anilines is 5. The summed E-state index contributed by atoms with van der Waals surface area (Å²) < 4.78 is 84.3. The van der Waals surface area contributed by atoms with Gasteiger partial charge in [-0.2, -0.15) is 18.2 Å². The van der Waals surface area contributed by atoms with Gasteiger partial charge in [0.1, 0.15) is 23.3 Å². The smallest absolute Gasteiger partial charge is 0.218 e. The summed E-state index contributed by atoms with van der Waals surface area (Å²) in [5.41, 5.74) is 25.1. The van der Waals surface area contributed by atoms with Gasteiger partial charge in [-0.25, -0.2) is 23.1 Å². The van der Waals surface area contributed by atoms with E-state index in [1.165, 1.54) is 43.1 Å². The molecule has 4 aliphatic rings. The second-order valence-corrected chi connectivity index (χ2v) is 34.3. The lowest BCUT2D eigenvalue weighted by Crippen LogP contribution is -2.33. The lowest BCUT2D eigenvalue weighted by Gasteiger charge is -2.29. The average molecular weight is 1700 g/mol. The summed E-state index contributed by atoms with van der Waals surface area (Å²) in [6, 6.07) is 67.5. The fourth-order valence-electron chi connectivity index (χ4n) is 17.1. The predicted octanol–water partition coefficient (Wildman–Crippen LogP) is 25.1. The summed E-state index contributed by atoms with van der Waals surface area (Å²) in [5.74, 6) is -2.40. The van der Waals surface area contributed by atoms with Crippen LogP contribution in [0.2, 0.25) is 0 Å². The lowest BCUT2D eigenvalue weighted by atomic mass is 9.98. The van der Waals surface area contributed by atoms with E-state index in [9.17, 15) is 45.5 Å². The minimum atomic E-state index is -0.893. The fourth-order valence-corrected chi connectivity index (χ4v) is 17.1. The molecule has 0 bridgehead atoms. The van der Waals surface area contributed by atoms with E-state index in [0.717, 1.165) is 142 Å². The molecule has 126 heavy (non-hydrogen) atoms. The molecule has 4 aliphatic carbocycles. The number of nitrogens with zero attached hydrogens (tertiary/aromatic N) is 8. The van der Waals surface area contributed by atoms with Crippen LogP contribution < -0.4 is 25.3 Å². The van der Waals surface area contributed by atoms with Gasteiger partial charge < -0.3 is 25.3 Å². The molecule has 13 nitrogen and oxygen atoms in total. The van der Waals surface area contributed by atoms with Gasteiger partial charge in [0, 0.05) is 133 Å². The number of Topliss-reactive ketones (excluding diaryl/α,β-unsaturated/α-hetero) is 4. The Bertz CT molecular complexity index is 5440. The summed E-state index contributed by atoms with van der Waals surface area (Å²) in [4.78, 5) is 74.4. The molecule has 0 spiro atoms. The van der Waals surface area contributed by atoms with E-state index in [-0.39, 0.29) is 75.6 Å². The number of benzene rings is 8. The zero-order valence-corrected chi connectivity index (χ0v) is 74.1. The van der Waals surface area contributed by atoms with Gasteiger partial charge >= 0.3 is 0 Å². The molecule has 12 aromatic rings. The largest absolute Gasteiger partial charge is 0.383 e. The number of nitrogens with two attached hydrogens (primary N) is 1. The normalized spacial score (nSPS) is 14.3. The fraction of sp³-hybridized carbons (Fsp3) is 0.327. The number of halogens is 6. The maximum Gasteiger partial charge on any atom is 0.218 e. The van der Waals surface area contributed by atoms with Crippen LogP contribution >= 0.6 is 0 Å². The second kappa shape index (κ2) is 39.9. The molecule has 652 valence electrons. The number of carbonyl (C=O) groups is 4. The molecule has 0 radical (unpaired) electrons. The van der Waals surface area contributed by atoms with Crippen LogP contribution in [-0.2, 0) is 25.7 Å².